The van der Waals surface area contributed by atoms with Crippen molar-refractivity contribution < 1.29 is 4.79 Å². The molecular weight excluding hydrogens is 198 g/mol. The van der Waals surface area contributed by atoms with Gasteiger partial charge < -0.3 is 0 Å². The molecular formula is C14H23NO. The number of ketones is 1. The number of carbonyl (C=O) groups excluding carboxylic acids is 1. The third kappa shape index (κ3) is 1.54. The lowest BCUT2D eigenvalue weighted by molar-refractivity contribution is -0.130. The van der Waals surface area contributed by atoms with Gasteiger partial charge in [0.25, 0.3) is 0 Å². The van der Waals surface area contributed by atoms with Crippen LogP contribution in [0.2, 0.25) is 0 Å². The van der Waals surface area contributed by atoms with Crippen molar-refractivity contribution in [2.24, 2.45) is 17.8 Å². The van der Waals surface area contributed by atoms with Crippen LogP contribution < -0.4 is 0 Å². The highest BCUT2D eigenvalue weighted by Crippen LogP contribution is 2.45. The van der Waals surface area contributed by atoms with E-state index in [-0.39, 0.29) is 0 Å². The van der Waals surface area contributed by atoms with Gasteiger partial charge >= 0.3 is 0 Å². The summed E-state index contributed by atoms with van der Waals surface area (Å²) in [6.07, 6.45) is 7.24. The molecule has 0 spiro atoms. The lowest BCUT2D eigenvalue weighted by Crippen LogP contribution is -2.47. The Hall–Kier alpha value is -0.370. The molecule has 3 aliphatic rings. The smallest absolute Gasteiger partial charge is 0.136 e. The number of nitrogens with zero attached hydrogens (tertiary/aromatic N) is 1. The van der Waals surface area contributed by atoms with Gasteiger partial charge in [-0.05, 0) is 50.6 Å². The topological polar surface area (TPSA) is 20.3 Å². The molecule has 1 saturated carbocycles. The lowest BCUT2D eigenvalue weighted by Gasteiger charge is -2.41. The van der Waals surface area contributed by atoms with E-state index in [4.69, 9.17) is 0 Å². The van der Waals surface area contributed by atoms with E-state index in [0.29, 0.717) is 23.5 Å². The van der Waals surface area contributed by atoms with Crippen molar-refractivity contribution in [3.05, 3.63) is 0 Å². The fourth-order valence-corrected chi connectivity index (χ4v) is 4.54. The molecule has 2 heterocycles. The van der Waals surface area contributed by atoms with Crippen molar-refractivity contribution >= 4 is 5.78 Å². The van der Waals surface area contributed by atoms with E-state index in [1.54, 1.807) is 0 Å². The van der Waals surface area contributed by atoms with E-state index < -0.39 is 0 Å². The first-order valence-corrected chi connectivity index (χ1v) is 7.08. The normalized spacial score (nSPS) is 44.2. The van der Waals surface area contributed by atoms with Crippen molar-refractivity contribution in [2.45, 2.75) is 51.5 Å². The SMILES string of the molecule is CC[C@H]1C(=O)C[C@@H]2CCN3CCCC[C@H]1[C@H]23. The zero-order valence-electron chi connectivity index (χ0n) is 10.3. The molecule has 0 aromatic heterocycles. The first-order valence-electron chi connectivity index (χ1n) is 7.08. The predicted octanol–water partition coefficient (Wildman–Crippen LogP) is 2.48. The highest BCUT2D eigenvalue weighted by Gasteiger charge is 2.48. The molecule has 90 valence electrons. The number of carbonyl (C=O) groups is 1. The summed E-state index contributed by atoms with van der Waals surface area (Å²) < 4.78 is 0. The van der Waals surface area contributed by atoms with Crippen LogP contribution in [-0.4, -0.2) is 29.8 Å². The van der Waals surface area contributed by atoms with Crippen molar-refractivity contribution in [3.63, 3.8) is 0 Å². The Labute approximate surface area is 98.4 Å². The Morgan fingerprint density at radius 3 is 2.94 bits per heavy atom. The van der Waals surface area contributed by atoms with Crippen molar-refractivity contribution in [2.75, 3.05) is 13.1 Å². The number of Topliss-reactive ketones (excluding diaryl/α,β-unsaturated/α-hetero) is 1. The van der Waals surface area contributed by atoms with Gasteiger partial charge in [-0.1, -0.05) is 13.3 Å². The van der Waals surface area contributed by atoms with E-state index in [2.05, 4.69) is 11.8 Å². The minimum absolute atomic E-state index is 0.389. The first kappa shape index (κ1) is 10.8. The molecule has 2 heteroatoms. The monoisotopic (exact) mass is 221 g/mol. The highest BCUT2D eigenvalue weighted by molar-refractivity contribution is 5.82. The summed E-state index contributed by atoms with van der Waals surface area (Å²) in [5.74, 6) is 2.37. The molecule has 0 N–H and O–H groups in total. The molecule has 2 aliphatic heterocycles. The molecule has 2 nitrogen and oxygen atoms in total. The molecule has 0 unspecified atom stereocenters. The molecule has 0 aromatic carbocycles. The van der Waals surface area contributed by atoms with Crippen LogP contribution in [0.4, 0.5) is 0 Å². The standard InChI is InChI=1S/C14H23NO/c1-2-11-12-5-3-4-7-15-8-6-10(14(12)15)9-13(11)16/h10-12,14H,2-9H2,1H3/t10-,11+,12+,14-/m0/s1. The van der Waals surface area contributed by atoms with Crippen LogP contribution >= 0.6 is 0 Å². The summed E-state index contributed by atoms with van der Waals surface area (Å²) >= 11 is 0. The van der Waals surface area contributed by atoms with Gasteiger partial charge in [-0.3, -0.25) is 9.69 Å². The number of hydrogen-bond donors (Lipinski definition) is 0. The maximum atomic E-state index is 12.2. The second kappa shape index (κ2) is 4.14. The summed E-state index contributed by atoms with van der Waals surface area (Å²) in [4.78, 5) is 14.9. The Bertz CT molecular complexity index is 288. The van der Waals surface area contributed by atoms with Crippen LogP contribution in [0.15, 0.2) is 0 Å². The molecule has 0 aromatic rings. The largest absolute Gasteiger partial charge is 0.300 e. The Morgan fingerprint density at radius 1 is 1.25 bits per heavy atom. The van der Waals surface area contributed by atoms with Crippen molar-refractivity contribution in [1.29, 1.82) is 0 Å². The summed E-state index contributed by atoms with van der Waals surface area (Å²) in [6, 6.07) is 0.769. The minimum Gasteiger partial charge on any atom is -0.300 e. The van der Waals surface area contributed by atoms with E-state index in [9.17, 15) is 4.79 Å². The van der Waals surface area contributed by atoms with Crippen LogP contribution in [0.3, 0.4) is 0 Å². The highest BCUT2D eigenvalue weighted by atomic mass is 16.1. The van der Waals surface area contributed by atoms with E-state index in [1.807, 2.05) is 0 Å². The maximum absolute atomic E-state index is 12.2. The lowest BCUT2D eigenvalue weighted by atomic mass is 9.68. The van der Waals surface area contributed by atoms with Crippen molar-refractivity contribution in [1.82, 2.24) is 4.90 Å². The van der Waals surface area contributed by atoms with E-state index in [1.165, 1.54) is 38.8 Å². The van der Waals surface area contributed by atoms with Crippen LogP contribution in [0.1, 0.15) is 45.4 Å². The molecule has 1 aliphatic carbocycles. The number of rotatable bonds is 1. The minimum atomic E-state index is 0.389. The van der Waals surface area contributed by atoms with Crippen LogP contribution in [-0.2, 0) is 4.79 Å². The third-order valence-corrected chi connectivity index (χ3v) is 5.20. The van der Waals surface area contributed by atoms with E-state index >= 15 is 0 Å². The second-order valence-electron chi connectivity index (χ2n) is 5.92. The Morgan fingerprint density at radius 2 is 2.12 bits per heavy atom. The molecule has 3 rings (SSSR count). The summed E-state index contributed by atoms with van der Waals surface area (Å²) in [5.41, 5.74) is 0. The quantitative estimate of drug-likeness (QED) is 0.678. The van der Waals surface area contributed by atoms with Gasteiger partial charge in [0.15, 0.2) is 0 Å². The third-order valence-electron chi connectivity index (χ3n) is 5.20. The molecule has 16 heavy (non-hydrogen) atoms. The van der Waals surface area contributed by atoms with Gasteiger partial charge in [-0.15, -0.1) is 0 Å². The number of hydrogen-bond acceptors (Lipinski definition) is 2. The second-order valence-corrected chi connectivity index (χ2v) is 5.92. The van der Waals surface area contributed by atoms with Gasteiger partial charge in [0.05, 0.1) is 0 Å². The molecule has 3 fully saturated rings. The maximum Gasteiger partial charge on any atom is 0.136 e. The van der Waals surface area contributed by atoms with Gasteiger partial charge in [0.2, 0.25) is 0 Å². The molecule has 2 saturated heterocycles. The fourth-order valence-electron chi connectivity index (χ4n) is 4.54. The molecule has 0 bridgehead atoms. The molecule has 4 atom stereocenters. The fraction of sp³-hybridized carbons (Fsp3) is 0.929. The zero-order valence-corrected chi connectivity index (χ0v) is 10.3. The van der Waals surface area contributed by atoms with Gasteiger partial charge in [-0.25, -0.2) is 0 Å². The van der Waals surface area contributed by atoms with Crippen LogP contribution in [0.5, 0.6) is 0 Å². The average molecular weight is 221 g/mol. The summed E-state index contributed by atoms with van der Waals surface area (Å²) in [6.45, 7) is 4.75. The van der Waals surface area contributed by atoms with Crippen LogP contribution in [0, 0.1) is 17.8 Å². The summed E-state index contributed by atoms with van der Waals surface area (Å²) in [5, 5.41) is 0. The average Bonchev–Trinajstić information content (AvgIpc) is 2.55. The molecule has 0 radical (unpaired) electrons. The van der Waals surface area contributed by atoms with Gasteiger partial charge in [0, 0.05) is 18.4 Å². The first-order chi connectivity index (χ1) is 7.81. The molecule has 0 amide bonds. The zero-order chi connectivity index (χ0) is 11.1. The Kier molecular flexibility index (Phi) is 2.78. The van der Waals surface area contributed by atoms with Gasteiger partial charge in [0.1, 0.15) is 5.78 Å². The summed E-state index contributed by atoms with van der Waals surface area (Å²) in [7, 11) is 0. The van der Waals surface area contributed by atoms with Crippen molar-refractivity contribution in [3.8, 4) is 0 Å². The van der Waals surface area contributed by atoms with Crippen LogP contribution in [0.25, 0.3) is 0 Å². The Balaban J connectivity index is 1.90. The predicted molar refractivity (Wildman–Crippen MR) is 64.2 cm³/mol. The van der Waals surface area contributed by atoms with Gasteiger partial charge in [-0.2, -0.15) is 0 Å². The van der Waals surface area contributed by atoms with E-state index in [0.717, 1.165) is 18.9 Å².